The zero-order valence-corrected chi connectivity index (χ0v) is 12.5. The van der Waals surface area contributed by atoms with Crippen LogP contribution in [0.1, 0.15) is 5.76 Å². The summed E-state index contributed by atoms with van der Waals surface area (Å²) in [7, 11) is -1.69. The molecule has 2 rings (SSSR count). The highest BCUT2D eigenvalue weighted by Crippen LogP contribution is 2.14. The van der Waals surface area contributed by atoms with Crippen molar-refractivity contribution in [1.29, 1.82) is 0 Å². The summed E-state index contributed by atoms with van der Waals surface area (Å²) in [6.45, 7) is 1.92. The summed E-state index contributed by atoms with van der Waals surface area (Å²) in [6.07, 6.45) is 1.65. The Morgan fingerprint density at radius 1 is 1.24 bits per heavy atom. The Morgan fingerprint density at radius 2 is 1.95 bits per heavy atom. The zero-order valence-electron chi connectivity index (χ0n) is 11.7. The number of hydrogen-bond donors (Lipinski definition) is 1. The van der Waals surface area contributed by atoms with Crippen molar-refractivity contribution in [2.75, 3.05) is 20.2 Å². The fraction of sp³-hybridized carbons (Fsp3) is 0.286. The zero-order chi connectivity index (χ0) is 15.3. The van der Waals surface area contributed by atoms with E-state index in [2.05, 4.69) is 4.90 Å². The van der Waals surface area contributed by atoms with Crippen LogP contribution in [-0.4, -0.2) is 33.5 Å². The van der Waals surface area contributed by atoms with Gasteiger partial charge in [0, 0.05) is 6.54 Å². The average Bonchev–Trinajstić information content (AvgIpc) is 2.91. The van der Waals surface area contributed by atoms with E-state index >= 15 is 0 Å². The molecule has 0 fully saturated rings. The summed E-state index contributed by atoms with van der Waals surface area (Å²) >= 11 is 0. The van der Waals surface area contributed by atoms with Gasteiger partial charge in [0.15, 0.2) is 0 Å². The Balaban J connectivity index is 1.78. The van der Waals surface area contributed by atoms with E-state index in [0.29, 0.717) is 18.9 Å². The molecule has 0 aliphatic heterocycles. The lowest BCUT2D eigenvalue weighted by Gasteiger charge is -2.15. The number of rotatable bonds is 7. The Labute approximate surface area is 124 Å². The molecule has 0 amide bonds. The van der Waals surface area contributed by atoms with Gasteiger partial charge in [-0.05, 0) is 43.4 Å². The van der Waals surface area contributed by atoms with E-state index in [4.69, 9.17) is 14.3 Å². The van der Waals surface area contributed by atoms with Crippen molar-refractivity contribution in [3.05, 3.63) is 48.4 Å². The molecule has 0 unspecified atom stereocenters. The Morgan fingerprint density at radius 3 is 2.52 bits per heavy atom. The number of nitrogens with two attached hydrogens (primary N) is 1. The minimum atomic E-state index is -3.66. The number of likely N-dealkylation sites (N-methyl/N-ethyl adjacent to an activating group) is 1. The summed E-state index contributed by atoms with van der Waals surface area (Å²) in [6, 6.07) is 9.81. The summed E-state index contributed by atoms with van der Waals surface area (Å²) in [4.78, 5) is 2.14. The van der Waals surface area contributed by atoms with Crippen molar-refractivity contribution >= 4 is 10.0 Å². The largest absolute Gasteiger partial charge is 0.492 e. The van der Waals surface area contributed by atoms with Gasteiger partial charge >= 0.3 is 0 Å². The predicted molar refractivity (Wildman–Crippen MR) is 78.4 cm³/mol. The second-order valence-corrected chi connectivity index (χ2v) is 6.24. The molecular formula is C14H18N2O4S. The van der Waals surface area contributed by atoms with Gasteiger partial charge in [-0.15, -0.1) is 0 Å². The van der Waals surface area contributed by atoms with Gasteiger partial charge in [0.2, 0.25) is 10.0 Å². The first kappa shape index (κ1) is 15.6. The lowest BCUT2D eigenvalue weighted by molar-refractivity contribution is 0.222. The minimum Gasteiger partial charge on any atom is -0.492 e. The molecule has 1 aromatic carbocycles. The highest BCUT2D eigenvalue weighted by Gasteiger charge is 2.07. The van der Waals surface area contributed by atoms with Crippen LogP contribution >= 0.6 is 0 Å². The van der Waals surface area contributed by atoms with Crippen LogP contribution in [0.3, 0.4) is 0 Å². The van der Waals surface area contributed by atoms with Crippen molar-refractivity contribution < 1.29 is 17.6 Å². The number of primary sulfonamides is 1. The molecule has 0 aliphatic rings. The number of hydrogen-bond acceptors (Lipinski definition) is 5. The Bertz CT molecular complexity index is 651. The van der Waals surface area contributed by atoms with Gasteiger partial charge in [0.25, 0.3) is 0 Å². The summed E-state index contributed by atoms with van der Waals surface area (Å²) < 4.78 is 33.1. The Hall–Kier alpha value is -1.83. The fourth-order valence-electron chi connectivity index (χ4n) is 1.79. The summed E-state index contributed by atoms with van der Waals surface area (Å²) in [5, 5.41) is 5.03. The number of sulfonamides is 1. The van der Waals surface area contributed by atoms with Crippen LogP contribution in [0.5, 0.6) is 5.75 Å². The third kappa shape index (κ3) is 4.89. The average molecular weight is 310 g/mol. The maximum absolute atomic E-state index is 11.1. The van der Waals surface area contributed by atoms with Crippen molar-refractivity contribution in [2.45, 2.75) is 11.4 Å². The molecule has 0 spiro atoms. The molecule has 2 aromatic rings. The van der Waals surface area contributed by atoms with Crippen LogP contribution in [0.25, 0.3) is 0 Å². The van der Waals surface area contributed by atoms with Gasteiger partial charge in [0.05, 0.1) is 17.7 Å². The van der Waals surface area contributed by atoms with Crippen LogP contribution in [0.4, 0.5) is 0 Å². The third-order valence-electron chi connectivity index (χ3n) is 2.90. The van der Waals surface area contributed by atoms with Gasteiger partial charge in [-0.3, -0.25) is 4.90 Å². The molecule has 0 atom stereocenters. The van der Waals surface area contributed by atoms with Crippen molar-refractivity contribution in [3.63, 3.8) is 0 Å². The first-order valence-electron chi connectivity index (χ1n) is 6.42. The molecule has 0 aliphatic carbocycles. The number of furan rings is 1. The number of nitrogens with zero attached hydrogens (tertiary/aromatic N) is 1. The fourth-order valence-corrected chi connectivity index (χ4v) is 2.31. The first-order valence-corrected chi connectivity index (χ1v) is 7.96. The van der Waals surface area contributed by atoms with E-state index in [0.717, 1.165) is 12.3 Å². The molecule has 0 radical (unpaired) electrons. The Kier molecular flexibility index (Phi) is 5.00. The van der Waals surface area contributed by atoms with Crippen LogP contribution < -0.4 is 9.88 Å². The van der Waals surface area contributed by atoms with Crippen molar-refractivity contribution in [3.8, 4) is 5.75 Å². The maximum Gasteiger partial charge on any atom is 0.238 e. The van der Waals surface area contributed by atoms with E-state index in [9.17, 15) is 8.42 Å². The quantitative estimate of drug-likeness (QED) is 0.836. The minimum absolute atomic E-state index is 0.0739. The van der Waals surface area contributed by atoms with E-state index < -0.39 is 10.0 Å². The predicted octanol–water partition coefficient (Wildman–Crippen LogP) is 1.44. The van der Waals surface area contributed by atoms with Crippen molar-refractivity contribution in [2.24, 2.45) is 5.14 Å². The van der Waals surface area contributed by atoms with E-state index in [-0.39, 0.29) is 4.90 Å². The van der Waals surface area contributed by atoms with Crippen LogP contribution in [0.15, 0.2) is 52.0 Å². The molecule has 1 aromatic heterocycles. The van der Waals surface area contributed by atoms with E-state index in [1.807, 2.05) is 19.2 Å². The second-order valence-electron chi connectivity index (χ2n) is 4.68. The highest BCUT2D eigenvalue weighted by molar-refractivity contribution is 7.89. The van der Waals surface area contributed by atoms with Crippen LogP contribution in [-0.2, 0) is 16.6 Å². The summed E-state index contributed by atoms with van der Waals surface area (Å²) in [5.41, 5.74) is 0. The lowest BCUT2D eigenvalue weighted by atomic mass is 10.3. The topological polar surface area (TPSA) is 85.8 Å². The highest BCUT2D eigenvalue weighted by atomic mass is 32.2. The molecule has 6 nitrogen and oxygen atoms in total. The summed E-state index contributed by atoms with van der Waals surface area (Å²) in [5.74, 6) is 1.50. The smallest absolute Gasteiger partial charge is 0.238 e. The molecule has 2 N–H and O–H groups in total. The van der Waals surface area contributed by atoms with E-state index in [1.165, 1.54) is 12.1 Å². The molecule has 1 heterocycles. The van der Waals surface area contributed by atoms with Crippen LogP contribution in [0, 0.1) is 0 Å². The van der Waals surface area contributed by atoms with E-state index in [1.54, 1.807) is 18.4 Å². The van der Waals surface area contributed by atoms with Gasteiger partial charge < -0.3 is 9.15 Å². The molecular weight excluding hydrogens is 292 g/mol. The molecule has 21 heavy (non-hydrogen) atoms. The maximum atomic E-state index is 11.1. The monoisotopic (exact) mass is 310 g/mol. The standard InChI is InChI=1S/C14H18N2O4S/c1-16(11-13-3-2-9-19-13)8-10-20-12-4-6-14(7-5-12)21(15,17)18/h2-7,9H,8,10-11H2,1H3,(H2,15,17,18). The van der Waals surface area contributed by atoms with Gasteiger partial charge in [-0.1, -0.05) is 0 Å². The lowest BCUT2D eigenvalue weighted by Crippen LogP contribution is -2.23. The first-order chi connectivity index (χ1) is 9.95. The molecule has 7 heteroatoms. The normalized spacial score (nSPS) is 11.8. The van der Waals surface area contributed by atoms with Gasteiger partial charge in [-0.25, -0.2) is 13.6 Å². The second kappa shape index (κ2) is 6.75. The van der Waals surface area contributed by atoms with Gasteiger partial charge in [-0.2, -0.15) is 0 Å². The molecule has 0 bridgehead atoms. The third-order valence-corrected chi connectivity index (χ3v) is 3.83. The van der Waals surface area contributed by atoms with Crippen molar-refractivity contribution in [1.82, 2.24) is 4.90 Å². The molecule has 114 valence electrons. The van der Waals surface area contributed by atoms with Crippen LogP contribution in [0.2, 0.25) is 0 Å². The SMILES string of the molecule is CN(CCOc1ccc(S(N)(=O)=O)cc1)Cc1ccco1. The number of benzene rings is 1. The molecule has 0 saturated heterocycles. The number of ether oxygens (including phenoxy) is 1. The van der Waals surface area contributed by atoms with Gasteiger partial charge in [0.1, 0.15) is 18.1 Å². The molecule has 0 saturated carbocycles.